The third-order valence-electron chi connectivity index (χ3n) is 4.13. The van der Waals surface area contributed by atoms with Gasteiger partial charge in [-0.2, -0.15) is 0 Å². The second-order valence-corrected chi connectivity index (χ2v) is 5.37. The predicted molar refractivity (Wildman–Crippen MR) is 83.5 cm³/mol. The summed E-state index contributed by atoms with van der Waals surface area (Å²) in [6.45, 7) is 2.12. The molecule has 0 radical (unpaired) electrons. The summed E-state index contributed by atoms with van der Waals surface area (Å²) < 4.78 is 5.50. The van der Waals surface area contributed by atoms with Crippen molar-refractivity contribution in [1.82, 2.24) is 0 Å². The molecule has 2 heteroatoms. The minimum atomic E-state index is -0.169. The molecule has 0 fully saturated rings. The minimum Gasteiger partial charge on any atom is -0.425 e. The van der Waals surface area contributed by atoms with Crippen molar-refractivity contribution in [1.29, 1.82) is 0 Å². The van der Waals surface area contributed by atoms with E-state index in [-0.39, 0.29) is 5.97 Å². The summed E-state index contributed by atoms with van der Waals surface area (Å²) in [5.41, 5.74) is 4.49. The van der Waals surface area contributed by atoms with Crippen LogP contribution in [0.4, 0.5) is 0 Å². The molecule has 3 aromatic rings. The highest BCUT2D eigenvalue weighted by Crippen LogP contribution is 2.44. The molecule has 3 aromatic carbocycles. The van der Waals surface area contributed by atoms with Gasteiger partial charge in [0.25, 0.3) is 0 Å². The largest absolute Gasteiger partial charge is 0.425 e. The summed E-state index contributed by atoms with van der Waals surface area (Å²) in [6, 6.07) is 18.3. The summed E-state index contributed by atoms with van der Waals surface area (Å²) in [5.74, 6) is 0.568. The zero-order valence-electron chi connectivity index (χ0n) is 11.7. The van der Waals surface area contributed by atoms with Crippen LogP contribution >= 0.6 is 0 Å². The van der Waals surface area contributed by atoms with Crippen LogP contribution in [-0.2, 0) is 11.2 Å². The third kappa shape index (κ3) is 1.76. The molecule has 21 heavy (non-hydrogen) atoms. The maximum atomic E-state index is 11.8. The van der Waals surface area contributed by atoms with Gasteiger partial charge in [-0.1, -0.05) is 54.6 Å². The SMILES string of the molecule is Cc1c(-c2ccccc2)c2c(c3ccccc13)OC(=O)C2. The molecule has 0 saturated carbocycles. The van der Waals surface area contributed by atoms with Gasteiger partial charge in [0.05, 0.1) is 6.42 Å². The number of benzene rings is 3. The van der Waals surface area contributed by atoms with E-state index < -0.39 is 0 Å². The first kappa shape index (κ1) is 12.2. The molecule has 0 amide bonds. The summed E-state index contributed by atoms with van der Waals surface area (Å²) >= 11 is 0. The molecular formula is C19H14O2. The Morgan fingerprint density at radius 1 is 0.905 bits per heavy atom. The van der Waals surface area contributed by atoms with E-state index in [0.717, 1.165) is 33.2 Å². The highest BCUT2D eigenvalue weighted by molar-refractivity contribution is 6.03. The number of carbonyl (C=O) groups excluding carboxylic acids is 1. The second-order valence-electron chi connectivity index (χ2n) is 5.37. The Kier molecular flexibility index (Phi) is 2.58. The van der Waals surface area contributed by atoms with E-state index in [0.29, 0.717) is 6.42 Å². The Bertz CT molecular complexity index is 864. The average molecular weight is 274 g/mol. The lowest BCUT2D eigenvalue weighted by molar-refractivity contribution is -0.131. The maximum absolute atomic E-state index is 11.8. The van der Waals surface area contributed by atoms with E-state index in [4.69, 9.17) is 4.74 Å². The van der Waals surface area contributed by atoms with Crippen LogP contribution < -0.4 is 4.74 Å². The zero-order valence-corrected chi connectivity index (χ0v) is 11.7. The zero-order chi connectivity index (χ0) is 14.4. The normalized spacial score (nSPS) is 13.3. The first-order valence-corrected chi connectivity index (χ1v) is 7.06. The van der Waals surface area contributed by atoms with Gasteiger partial charge < -0.3 is 4.74 Å². The smallest absolute Gasteiger partial charge is 0.315 e. The molecular weight excluding hydrogens is 260 g/mol. The van der Waals surface area contributed by atoms with Gasteiger partial charge in [-0.05, 0) is 29.0 Å². The molecule has 0 aromatic heterocycles. The van der Waals surface area contributed by atoms with E-state index in [2.05, 4.69) is 25.1 Å². The summed E-state index contributed by atoms with van der Waals surface area (Å²) in [5, 5.41) is 2.17. The van der Waals surface area contributed by atoms with Crippen LogP contribution in [0.1, 0.15) is 11.1 Å². The van der Waals surface area contributed by atoms with Crippen molar-refractivity contribution in [3.05, 3.63) is 65.7 Å². The number of esters is 1. The Balaban J connectivity index is 2.15. The number of hydrogen-bond donors (Lipinski definition) is 0. The quantitative estimate of drug-likeness (QED) is 0.489. The van der Waals surface area contributed by atoms with Gasteiger partial charge in [-0.25, -0.2) is 0 Å². The lowest BCUT2D eigenvalue weighted by Crippen LogP contribution is -2.00. The van der Waals surface area contributed by atoms with Crippen molar-refractivity contribution in [3.8, 4) is 16.9 Å². The van der Waals surface area contributed by atoms with Crippen molar-refractivity contribution in [2.24, 2.45) is 0 Å². The molecule has 0 saturated heterocycles. The lowest BCUT2D eigenvalue weighted by Gasteiger charge is -2.15. The van der Waals surface area contributed by atoms with Gasteiger partial charge in [0.1, 0.15) is 5.75 Å². The van der Waals surface area contributed by atoms with Gasteiger partial charge in [0.15, 0.2) is 0 Å². The first-order valence-electron chi connectivity index (χ1n) is 7.06. The van der Waals surface area contributed by atoms with Gasteiger partial charge in [-0.15, -0.1) is 0 Å². The number of fused-ring (bicyclic) bond motifs is 3. The number of aryl methyl sites for hydroxylation is 1. The number of hydrogen-bond acceptors (Lipinski definition) is 2. The molecule has 1 heterocycles. The lowest BCUT2D eigenvalue weighted by atomic mass is 9.89. The van der Waals surface area contributed by atoms with Crippen LogP contribution in [0.15, 0.2) is 54.6 Å². The Morgan fingerprint density at radius 2 is 1.57 bits per heavy atom. The van der Waals surface area contributed by atoms with Crippen molar-refractivity contribution in [3.63, 3.8) is 0 Å². The Hall–Kier alpha value is -2.61. The van der Waals surface area contributed by atoms with Gasteiger partial charge in [-0.3, -0.25) is 4.79 Å². The fourth-order valence-electron chi connectivity index (χ4n) is 3.22. The van der Waals surface area contributed by atoms with Gasteiger partial charge in [0.2, 0.25) is 0 Å². The van der Waals surface area contributed by atoms with Gasteiger partial charge >= 0.3 is 5.97 Å². The molecule has 0 unspecified atom stereocenters. The predicted octanol–water partition coefficient (Wildman–Crippen LogP) is 4.28. The number of rotatable bonds is 1. The van der Waals surface area contributed by atoms with E-state index in [9.17, 15) is 4.79 Å². The fraction of sp³-hybridized carbons (Fsp3) is 0.105. The van der Waals surface area contributed by atoms with Crippen LogP contribution in [0.3, 0.4) is 0 Å². The highest BCUT2D eigenvalue weighted by Gasteiger charge is 2.28. The molecule has 0 spiro atoms. The van der Waals surface area contributed by atoms with Crippen LogP contribution in [-0.4, -0.2) is 5.97 Å². The highest BCUT2D eigenvalue weighted by atomic mass is 16.5. The molecule has 4 rings (SSSR count). The molecule has 0 N–H and O–H groups in total. The monoisotopic (exact) mass is 274 g/mol. The topological polar surface area (TPSA) is 26.3 Å². The molecule has 2 nitrogen and oxygen atoms in total. The molecule has 1 aliphatic heterocycles. The van der Waals surface area contributed by atoms with E-state index >= 15 is 0 Å². The molecule has 1 aliphatic rings. The van der Waals surface area contributed by atoms with Crippen molar-refractivity contribution >= 4 is 16.7 Å². The number of ether oxygens (including phenoxy) is 1. The fourth-order valence-corrected chi connectivity index (χ4v) is 3.22. The standard InChI is InChI=1S/C19H14O2/c1-12-14-9-5-6-10-15(14)19-16(11-17(20)21-19)18(12)13-7-3-2-4-8-13/h2-10H,11H2,1H3. The van der Waals surface area contributed by atoms with E-state index in [1.54, 1.807) is 0 Å². The summed E-state index contributed by atoms with van der Waals surface area (Å²) in [6.07, 6.45) is 0.352. The van der Waals surface area contributed by atoms with Crippen molar-refractivity contribution in [2.75, 3.05) is 0 Å². The van der Waals surface area contributed by atoms with Crippen molar-refractivity contribution < 1.29 is 9.53 Å². The minimum absolute atomic E-state index is 0.169. The van der Waals surface area contributed by atoms with Crippen LogP contribution in [0.25, 0.3) is 21.9 Å². The molecule has 102 valence electrons. The van der Waals surface area contributed by atoms with Crippen LogP contribution in [0.2, 0.25) is 0 Å². The maximum Gasteiger partial charge on any atom is 0.315 e. The summed E-state index contributed by atoms with van der Waals surface area (Å²) in [7, 11) is 0. The molecule has 0 bridgehead atoms. The van der Waals surface area contributed by atoms with E-state index in [1.807, 2.05) is 36.4 Å². The van der Waals surface area contributed by atoms with Crippen molar-refractivity contribution in [2.45, 2.75) is 13.3 Å². The van der Waals surface area contributed by atoms with Gasteiger partial charge in [0, 0.05) is 10.9 Å². The first-order chi connectivity index (χ1) is 10.3. The summed E-state index contributed by atoms with van der Waals surface area (Å²) in [4.78, 5) is 11.8. The molecule has 0 aliphatic carbocycles. The Labute approximate surface area is 123 Å². The third-order valence-corrected chi connectivity index (χ3v) is 4.13. The van der Waals surface area contributed by atoms with Crippen LogP contribution in [0, 0.1) is 6.92 Å². The second kappa shape index (κ2) is 4.45. The molecule has 0 atom stereocenters. The van der Waals surface area contributed by atoms with E-state index in [1.165, 1.54) is 5.56 Å². The Morgan fingerprint density at radius 3 is 2.33 bits per heavy atom. The average Bonchev–Trinajstić information content (AvgIpc) is 2.90. The number of carbonyl (C=O) groups is 1. The van der Waals surface area contributed by atoms with Crippen LogP contribution in [0.5, 0.6) is 5.75 Å².